The van der Waals surface area contributed by atoms with Crippen molar-refractivity contribution >= 4 is 22.5 Å². The fourth-order valence-corrected chi connectivity index (χ4v) is 4.82. The number of nitrogens with zero attached hydrogens (tertiary/aromatic N) is 1. The predicted molar refractivity (Wildman–Crippen MR) is 95.1 cm³/mol. The molecule has 110 valence electrons. The topological polar surface area (TPSA) is 12.4 Å². The van der Waals surface area contributed by atoms with Crippen molar-refractivity contribution in [1.29, 1.82) is 0 Å². The maximum Gasteiger partial charge on any atom is 0.0896 e. The summed E-state index contributed by atoms with van der Waals surface area (Å²) in [6.45, 7) is 4.28. The molecule has 1 atom stereocenters. The molecular formula is C20H19NS. The van der Waals surface area contributed by atoms with E-state index in [-0.39, 0.29) is 5.41 Å². The van der Waals surface area contributed by atoms with Crippen LogP contribution in [0.25, 0.3) is 0 Å². The van der Waals surface area contributed by atoms with Gasteiger partial charge in [-0.1, -0.05) is 60.3 Å². The first-order valence-corrected chi connectivity index (χ1v) is 8.68. The zero-order chi connectivity index (χ0) is 15.0. The van der Waals surface area contributed by atoms with Gasteiger partial charge < -0.3 is 0 Å². The van der Waals surface area contributed by atoms with E-state index in [0.29, 0.717) is 0 Å². The molecule has 0 aromatic heterocycles. The van der Waals surface area contributed by atoms with Gasteiger partial charge in [0.25, 0.3) is 0 Å². The number of hydrogen-bond acceptors (Lipinski definition) is 2. The van der Waals surface area contributed by atoms with Gasteiger partial charge in [-0.3, -0.25) is 0 Å². The highest BCUT2D eigenvalue weighted by atomic mass is 32.2. The van der Waals surface area contributed by atoms with Crippen LogP contribution in [-0.2, 0) is 5.41 Å². The number of thioether (sulfide) groups is 1. The summed E-state index contributed by atoms with van der Waals surface area (Å²) in [5.74, 6) is 0. The molecule has 1 spiro atoms. The Labute approximate surface area is 136 Å². The van der Waals surface area contributed by atoms with E-state index in [1.165, 1.54) is 33.9 Å². The third-order valence-electron chi connectivity index (χ3n) is 4.69. The molecule has 0 bridgehead atoms. The van der Waals surface area contributed by atoms with Crippen molar-refractivity contribution in [3.05, 3.63) is 72.3 Å². The number of rotatable bonds is 1. The van der Waals surface area contributed by atoms with Crippen molar-refractivity contribution in [2.24, 2.45) is 4.99 Å². The van der Waals surface area contributed by atoms with Crippen molar-refractivity contribution < 1.29 is 0 Å². The molecule has 1 saturated carbocycles. The molecule has 1 nitrogen and oxygen atoms in total. The molecule has 1 aliphatic carbocycles. The summed E-state index contributed by atoms with van der Waals surface area (Å²) < 4.78 is 0. The molecular weight excluding hydrogens is 286 g/mol. The second-order valence-electron chi connectivity index (χ2n) is 6.21. The minimum Gasteiger partial charge on any atom is -0.245 e. The monoisotopic (exact) mass is 305 g/mol. The number of hydrogen-bond donors (Lipinski definition) is 0. The maximum atomic E-state index is 5.00. The first kappa shape index (κ1) is 13.8. The molecule has 2 heteroatoms. The fraction of sp³-hybridized carbons (Fsp3) is 0.250. The van der Waals surface area contributed by atoms with Gasteiger partial charge in [-0.05, 0) is 49.4 Å². The minimum atomic E-state index is 0.0619. The first-order valence-electron chi connectivity index (χ1n) is 7.86. The lowest BCUT2D eigenvalue weighted by molar-refractivity contribution is 0.459. The van der Waals surface area contributed by atoms with Crippen LogP contribution in [0, 0.1) is 0 Å². The van der Waals surface area contributed by atoms with Crippen molar-refractivity contribution in [2.75, 3.05) is 0 Å². The van der Waals surface area contributed by atoms with Crippen LogP contribution in [0.1, 0.15) is 31.2 Å². The molecule has 0 N–H and O–H groups in total. The summed E-state index contributed by atoms with van der Waals surface area (Å²) >= 11 is 1.82. The van der Waals surface area contributed by atoms with Gasteiger partial charge in [-0.15, -0.1) is 0 Å². The Hall–Kier alpha value is -1.80. The van der Waals surface area contributed by atoms with Gasteiger partial charge in [0.2, 0.25) is 0 Å². The van der Waals surface area contributed by atoms with Gasteiger partial charge in [0.15, 0.2) is 0 Å². The number of fused-ring (bicyclic) bond motifs is 2. The summed E-state index contributed by atoms with van der Waals surface area (Å²) in [5.41, 5.74) is 3.97. The maximum absolute atomic E-state index is 5.00. The second kappa shape index (κ2) is 5.44. The first-order chi connectivity index (χ1) is 10.8. The highest BCUT2D eigenvalue weighted by Gasteiger charge is 2.45. The van der Waals surface area contributed by atoms with Crippen LogP contribution in [0.2, 0.25) is 0 Å². The summed E-state index contributed by atoms with van der Waals surface area (Å²) in [6, 6.07) is 19.2. The SMILES string of the molecule is C=C1CCC[C@@]2(C1)C(Sc1ccccc1)=Nc1ccccc12. The Kier molecular flexibility index (Phi) is 3.42. The third kappa shape index (κ3) is 2.22. The van der Waals surface area contributed by atoms with Crippen LogP contribution in [0.3, 0.4) is 0 Å². The fourth-order valence-electron chi connectivity index (χ4n) is 3.68. The van der Waals surface area contributed by atoms with Crippen molar-refractivity contribution in [3.63, 3.8) is 0 Å². The third-order valence-corrected chi connectivity index (χ3v) is 5.88. The van der Waals surface area contributed by atoms with Gasteiger partial charge in [0.1, 0.15) is 0 Å². The summed E-state index contributed by atoms with van der Waals surface area (Å²) in [6.07, 6.45) is 4.60. The Morgan fingerprint density at radius 1 is 1.00 bits per heavy atom. The molecule has 1 fully saturated rings. The van der Waals surface area contributed by atoms with Crippen molar-refractivity contribution in [3.8, 4) is 0 Å². The predicted octanol–water partition coefficient (Wildman–Crippen LogP) is 5.89. The summed E-state index contributed by atoms with van der Waals surface area (Å²) in [4.78, 5) is 6.26. The molecule has 4 rings (SSSR count). The number of para-hydroxylation sites is 1. The van der Waals surface area contributed by atoms with Gasteiger partial charge in [0, 0.05) is 10.3 Å². The lowest BCUT2D eigenvalue weighted by Crippen LogP contribution is -2.34. The minimum absolute atomic E-state index is 0.0619. The van der Waals surface area contributed by atoms with Crippen LogP contribution in [0.5, 0.6) is 0 Å². The van der Waals surface area contributed by atoms with Crippen LogP contribution < -0.4 is 0 Å². The van der Waals surface area contributed by atoms with E-state index in [4.69, 9.17) is 4.99 Å². The quantitative estimate of drug-likeness (QED) is 0.598. The lowest BCUT2D eigenvalue weighted by Gasteiger charge is -2.36. The van der Waals surface area contributed by atoms with E-state index in [2.05, 4.69) is 61.2 Å². The summed E-state index contributed by atoms with van der Waals surface area (Å²) in [5, 5.41) is 1.25. The molecule has 0 unspecified atom stereocenters. The average Bonchev–Trinajstić information content (AvgIpc) is 2.82. The van der Waals surface area contributed by atoms with E-state index in [0.717, 1.165) is 18.5 Å². The van der Waals surface area contributed by atoms with E-state index < -0.39 is 0 Å². The van der Waals surface area contributed by atoms with Crippen molar-refractivity contribution in [1.82, 2.24) is 0 Å². The Bertz CT molecular complexity index is 747. The average molecular weight is 305 g/mol. The molecule has 22 heavy (non-hydrogen) atoms. The van der Waals surface area contributed by atoms with Gasteiger partial charge in [0.05, 0.1) is 10.7 Å². The van der Waals surface area contributed by atoms with Gasteiger partial charge in [-0.2, -0.15) is 0 Å². The van der Waals surface area contributed by atoms with Crippen molar-refractivity contribution in [2.45, 2.75) is 36.0 Å². The summed E-state index contributed by atoms with van der Waals surface area (Å²) in [7, 11) is 0. The molecule has 1 aliphatic heterocycles. The Morgan fingerprint density at radius 2 is 1.77 bits per heavy atom. The number of aliphatic imine (C=N–C) groups is 1. The molecule has 2 aliphatic rings. The van der Waals surface area contributed by atoms with Gasteiger partial charge >= 0.3 is 0 Å². The van der Waals surface area contributed by atoms with E-state index in [1.807, 2.05) is 11.8 Å². The van der Waals surface area contributed by atoms with Crippen LogP contribution in [-0.4, -0.2) is 5.04 Å². The molecule has 0 amide bonds. The smallest absolute Gasteiger partial charge is 0.0896 e. The second-order valence-corrected chi connectivity index (χ2v) is 7.27. The molecule has 0 radical (unpaired) electrons. The highest BCUT2D eigenvalue weighted by Crippen LogP contribution is 2.53. The Balaban J connectivity index is 1.78. The van der Waals surface area contributed by atoms with Crippen LogP contribution in [0.15, 0.2) is 76.6 Å². The van der Waals surface area contributed by atoms with E-state index >= 15 is 0 Å². The zero-order valence-corrected chi connectivity index (χ0v) is 13.4. The van der Waals surface area contributed by atoms with Crippen LogP contribution >= 0.6 is 11.8 Å². The number of benzene rings is 2. The zero-order valence-electron chi connectivity index (χ0n) is 12.6. The molecule has 0 saturated heterocycles. The molecule has 1 heterocycles. The normalized spacial score (nSPS) is 23.5. The Morgan fingerprint density at radius 3 is 2.59 bits per heavy atom. The number of allylic oxidation sites excluding steroid dienone is 1. The standard InChI is InChI=1S/C20H19NS/c1-15-8-7-13-20(14-15)17-11-5-6-12-18(17)21-19(20)22-16-9-3-2-4-10-16/h2-6,9-12H,1,7-8,13-14H2/t20-/m0/s1. The van der Waals surface area contributed by atoms with Crippen LogP contribution in [0.4, 0.5) is 5.69 Å². The highest BCUT2D eigenvalue weighted by molar-refractivity contribution is 8.14. The lowest BCUT2D eigenvalue weighted by atomic mass is 9.69. The largest absolute Gasteiger partial charge is 0.245 e. The molecule has 2 aromatic rings. The van der Waals surface area contributed by atoms with E-state index in [9.17, 15) is 0 Å². The van der Waals surface area contributed by atoms with Gasteiger partial charge in [-0.25, -0.2) is 4.99 Å². The van der Waals surface area contributed by atoms with E-state index in [1.54, 1.807) is 0 Å². The molecule has 2 aromatic carbocycles.